The van der Waals surface area contributed by atoms with Gasteiger partial charge in [-0.1, -0.05) is 24.3 Å². The lowest BCUT2D eigenvalue weighted by atomic mass is 9.96. The monoisotopic (exact) mass is 413 g/mol. The first-order valence-corrected chi connectivity index (χ1v) is 11.3. The fraction of sp³-hybridized carbons (Fsp3) is 0.346. The van der Waals surface area contributed by atoms with Gasteiger partial charge in [0.25, 0.3) is 0 Å². The molecule has 5 nitrogen and oxygen atoms in total. The first-order valence-electron chi connectivity index (χ1n) is 11.3. The van der Waals surface area contributed by atoms with Gasteiger partial charge in [-0.25, -0.2) is 0 Å². The van der Waals surface area contributed by atoms with Gasteiger partial charge in [-0.2, -0.15) is 0 Å². The number of nitrogens with zero attached hydrogens (tertiary/aromatic N) is 3. The molecule has 0 fully saturated rings. The molecule has 5 heteroatoms. The molecule has 0 amide bonds. The van der Waals surface area contributed by atoms with Gasteiger partial charge in [0.15, 0.2) is 5.96 Å². The minimum Gasteiger partial charge on any atom is -0.370 e. The smallest absolute Gasteiger partial charge is 0.188 e. The van der Waals surface area contributed by atoms with Gasteiger partial charge in [-0.15, -0.1) is 0 Å². The summed E-state index contributed by atoms with van der Waals surface area (Å²) < 4.78 is 2.42. The molecule has 2 aromatic carbocycles. The summed E-state index contributed by atoms with van der Waals surface area (Å²) in [6.07, 6.45) is 6.63. The summed E-state index contributed by atoms with van der Waals surface area (Å²) in [6, 6.07) is 13.9. The standard InChI is InChI=1S/C26H31N5/c1-3-31-24-6-4-20(18-8-12-29(2)13-9-18)16-22(24)23-17-21(5-7-25(23)31)19-10-14-30(15-11-19)26(27)28/h4-8,10,16-17H,3,9,11-15H2,1-2H3,(H3,27,28). The van der Waals surface area contributed by atoms with Crippen molar-refractivity contribution in [2.45, 2.75) is 26.3 Å². The molecular weight excluding hydrogens is 382 g/mol. The van der Waals surface area contributed by atoms with E-state index in [1.165, 1.54) is 44.1 Å². The molecule has 3 aromatic rings. The fourth-order valence-corrected chi connectivity index (χ4v) is 5.03. The molecule has 3 N–H and O–H groups in total. The van der Waals surface area contributed by atoms with Crippen LogP contribution in [0.1, 0.15) is 30.9 Å². The van der Waals surface area contributed by atoms with E-state index < -0.39 is 0 Å². The van der Waals surface area contributed by atoms with Crippen molar-refractivity contribution in [3.63, 3.8) is 0 Å². The maximum absolute atomic E-state index is 7.66. The van der Waals surface area contributed by atoms with Crippen LogP contribution in [0.15, 0.2) is 48.6 Å². The minimum atomic E-state index is 0.160. The molecule has 160 valence electrons. The van der Waals surface area contributed by atoms with Gasteiger partial charge in [0, 0.05) is 54.5 Å². The summed E-state index contributed by atoms with van der Waals surface area (Å²) in [5.74, 6) is 0.160. The molecule has 0 spiro atoms. The van der Waals surface area contributed by atoms with Crippen LogP contribution in [0.2, 0.25) is 0 Å². The van der Waals surface area contributed by atoms with E-state index in [9.17, 15) is 0 Å². The van der Waals surface area contributed by atoms with Crippen molar-refractivity contribution < 1.29 is 0 Å². The molecule has 2 aliphatic rings. The average molecular weight is 414 g/mol. The Morgan fingerprint density at radius 1 is 0.903 bits per heavy atom. The Balaban J connectivity index is 1.60. The Bertz CT molecular complexity index is 1230. The number of fused-ring (bicyclic) bond motifs is 3. The van der Waals surface area contributed by atoms with Gasteiger partial charge in [0.2, 0.25) is 0 Å². The maximum atomic E-state index is 7.66. The summed E-state index contributed by atoms with van der Waals surface area (Å²) >= 11 is 0. The first kappa shape index (κ1) is 19.9. The summed E-state index contributed by atoms with van der Waals surface area (Å²) in [4.78, 5) is 4.27. The van der Waals surface area contributed by atoms with Gasteiger partial charge >= 0.3 is 0 Å². The number of hydrogen-bond acceptors (Lipinski definition) is 2. The quantitative estimate of drug-likeness (QED) is 0.490. The molecule has 1 aromatic heterocycles. The van der Waals surface area contributed by atoms with Crippen LogP contribution in [-0.4, -0.2) is 53.6 Å². The number of guanidine groups is 1. The zero-order valence-corrected chi connectivity index (χ0v) is 18.5. The topological polar surface area (TPSA) is 61.3 Å². The van der Waals surface area contributed by atoms with Crippen LogP contribution < -0.4 is 5.73 Å². The molecule has 0 bridgehead atoms. The lowest BCUT2D eigenvalue weighted by molar-refractivity contribution is 0.370. The number of hydrogen-bond donors (Lipinski definition) is 2. The molecular formula is C26H31N5. The van der Waals surface area contributed by atoms with Crippen LogP contribution in [0.4, 0.5) is 0 Å². The van der Waals surface area contributed by atoms with Crippen molar-refractivity contribution in [3.8, 4) is 0 Å². The SMILES string of the molecule is CCn1c2ccc(C3=CCN(C)CC3)cc2c2cc(C3=CCN(C(=N)N)CC3)ccc21. The van der Waals surface area contributed by atoms with Crippen molar-refractivity contribution in [2.24, 2.45) is 5.73 Å². The highest BCUT2D eigenvalue weighted by Crippen LogP contribution is 2.35. The molecule has 2 aliphatic heterocycles. The third-order valence-electron chi connectivity index (χ3n) is 6.88. The number of nitrogens with one attached hydrogen (secondary N) is 1. The zero-order chi connectivity index (χ0) is 21.5. The predicted octanol–water partition coefficient (Wildman–Crippen LogP) is 4.52. The van der Waals surface area contributed by atoms with Gasteiger partial charge in [0.05, 0.1) is 0 Å². The van der Waals surface area contributed by atoms with Gasteiger partial charge in [-0.3, -0.25) is 5.41 Å². The summed E-state index contributed by atoms with van der Waals surface area (Å²) in [5.41, 5.74) is 13.7. The van der Waals surface area contributed by atoms with E-state index in [0.29, 0.717) is 6.54 Å². The van der Waals surface area contributed by atoms with Crippen LogP contribution >= 0.6 is 0 Å². The van der Waals surface area contributed by atoms with Crippen LogP contribution in [0, 0.1) is 5.41 Å². The Labute approximate surface area is 183 Å². The van der Waals surface area contributed by atoms with E-state index in [0.717, 1.165) is 39.0 Å². The van der Waals surface area contributed by atoms with Crippen molar-refractivity contribution >= 4 is 38.9 Å². The summed E-state index contributed by atoms with van der Waals surface area (Å²) in [6.45, 7) is 6.85. The van der Waals surface area contributed by atoms with Crippen LogP contribution in [0.25, 0.3) is 33.0 Å². The number of aryl methyl sites for hydroxylation is 1. The third-order valence-corrected chi connectivity index (χ3v) is 6.88. The number of benzene rings is 2. The van der Waals surface area contributed by atoms with E-state index in [1.54, 1.807) is 0 Å². The third kappa shape index (κ3) is 3.53. The Kier molecular flexibility index (Phi) is 5.06. The van der Waals surface area contributed by atoms with Gasteiger partial charge in [-0.05, 0) is 73.4 Å². The highest BCUT2D eigenvalue weighted by atomic mass is 15.2. The lowest BCUT2D eigenvalue weighted by Gasteiger charge is -2.26. The highest BCUT2D eigenvalue weighted by Gasteiger charge is 2.17. The largest absolute Gasteiger partial charge is 0.370 e. The van der Waals surface area contributed by atoms with E-state index in [2.05, 4.69) is 72.0 Å². The van der Waals surface area contributed by atoms with E-state index in [-0.39, 0.29) is 5.96 Å². The van der Waals surface area contributed by atoms with Crippen LogP contribution in [0.3, 0.4) is 0 Å². The summed E-state index contributed by atoms with van der Waals surface area (Å²) in [7, 11) is 2.18. The minimum absolute atomic E-state index is 0.160. The normalized spacial score (nSPS) is 17.8. The van der Waals surface area contributed by atoms with Crippen molar-refractivity contribution in [3.05, 3.63) is 59.7 Å². The zero-order valence-electron chi connectivity index (χ0n) is 18.5. The van der Waals surface area contributed by atoms with E-state index >= 15 is 0 Å². The van der Waals surface area contributed by atoms with Gasteiger partial charge < -0.3 is 20.1 Å². The highest BCUT2D eigenvalue weighted by molar-refractivity contribution is 6.09. The maximum Gasteiger partial charge on any atom is 0.188 e. The molecule has 31 heavy (non-hydrogen) atoms. The van der Waals surface area contributed by atoms with Crippen LogP contribution in [-0.2, 0) is 6.54 Å². The molecule has 0 radical (unpaired) electrons. The Morgan fingerprint density at radius 2 is 1.48 bits per heavy atom. The summed E-state index contributed by atoms with van der Waals surface area (Å²) in [5, 5.41) is 10.3. The molecule has 3 heterocycles. The molecule has 0 unspecified atom stereocenters. The van der Waals surface area contributed by atoms with Crippen molar-refractivity contribution in [1.29, 1.82) is 5.41 Å². The second-order valence-electron chi connectivity index (χ2n) is 8.76. The second kappa shape index (κ2) is 7.89. The van der Waals surface area contributed by atoms with Crippen molar-refractivity contribution in [1.82, 2.24) is 14.4 Å². The Morgan fingerprint density at radius 3 is 1.94 bits per heavy atom. The number of rotatable bonds is 3. The number of likely N-dealkylation sites (N-methyl/N-ethyl adjacent to an activating group) is 1. The number of aromatic nitrogens is 1. The van der Waals surface area contributed by atoms with Crippen molar-refractivity contribution in [2.75, 3.05) is 33.2 Å². The fourth-order valence-electron chi connectivity index (χ4n) is 5.03. The first-order chi connectivity index (χ1) is 15.0. The van der Waals surface area contributed by atoms with E-state index in [1.807, 2.05) is 4.90 Å². The van der Waals surface area contributed by atoms with Crippen LogP contribution in [0.5, 0.6) is 0 Å². The molecule has 0 saturated heterocycles. The molecule has 0 saturated carbocycles. The average Bonchev–Trinajstić information content (AvgIpc) is 3.12. The number of nitrogens with two attached hydrogens (primary N) is 1. The van der Waals surface area contributed by atoms with E-state index in [4.69, 9.17) is 11.1 Å². The van der Waals surface area contributed by atoms with Gasteiger partial charge in [0.1, 0.15) is 0 Å². The molecule has 0 aliphatic carbocycles. The lowest BCUT2D eigenvalue weighted by Crippen LogP contribution is -2.39. The second-order valence-corrected chi connectivity index (χ2v) is 8.76. The molecule has 5 rings (SSSR count). The predicted molar refractivity (Wildman–Crippen MR) is 131 cm³/mol. The molecule has 0 atom stereocenters. The Hall–Kier alpha value is -3.05.